The SMILES string of the molecule is CC/C=C\C/C=C\C/C=C\C/C=C\C/C=C\CCCCCCCCCCCCCC(=O)NC(COC1OC(CO)C(O)C(O)C1O)C(O)/C=C/CCCCCCCCCCCCCCCCCCCCCCCCCCCC. The van der Waals surface area contributed by atoms with Crippen molar-refractivity contribution in [3.8, 4) is 0 Å². The van der Waals surface area contributed by atoms with Crippen molar-refractivity contribution in [3.63, 3.8) is 0 Å². The number of hydrogen-bond acceptors (Lipinski definition) is 8. The molecule has 9 nitrogen and oxygen atoms in total. The van der Waals surface area contributed by atoms with Gasteiger partial charge >= 0.3 is 0 Å². The number of nitrogens with one attached hydrogen (secondary N) is 1. The van der Waals surface area contributed by atoms with Crippen LogP contribution in [0.4, 0.5) is 0 Å². The minimum absolute atomic E-state index is 0.179. The molecule has 6 N–H and O–H groups in total. The van der Waals surface area contributed by atoms with E-state index in [2.05, 4.69) is 79.9 Å². The molecule has 7 atom stereocenters. The minimum atomic E-state index is -1.57. The Morgan fingerprint density at radius 3 is 1.18 bits per heavy atom. The summed E-state index contributed by atoms with van der Waals surface area (Å²) in [5, 5.41) is 54.7. The fraction of sp³-hybridized carbons (Fsp3) is 0.812. The Morgan fingerprint density at radius 1 is 0.449 bits per heavy atom. The lowest BCUT2D eigenvalue weighted by Gasteiger charge is -2.40. The maximum Gasteiger partial charge on any atom is 0.220 e. The molecule has 7 unspecified atom stereocenters. The van der Waals surface area contributed by atoms with Gasteiger partial charge in [0, 0.05) is 6.42 Å². The van der Waals surface area contributed by atoms with Gasteiger partial charge in [-0.15, -0.1) is 0 Å². The molecular formula is C69H125NO8. The van der Waals surface area contributed by atoms with E-state index in [1.54, 1.807) is 6.08 Å². The fourth-order valence-corrected chi connectivity index (χ4v) is 10.4. The summed E-state index contributed by atoms with van der Waals surface area (Å²) in [7, 11) is 0. The number of hydrogen-bond donors (Lipinski definition) is 6. The highest BCUT2D eigenvalue weighted by atomic mass is 16.7. The molecule has 0 spiro atoms. The van der Waals surface area contributed by atoms with Crippen molar-refractivity contribution in [3.05, 3.63) is 72.9 Å². The van der Waals surface area contributed by atoms with Gasteiger partial charge in [-0.1, -0.05) is 305 Å². The Hall–Kier alpha value is -2.37. The lowest BCUT2D eigenvalue weighted by atomic mass is 9.99. The standard InChI is InChI=1S/C69H125NO8/c1-3-5-7-9-11-13-15-17-19-21-23-25-27-29-31-33-34-36-38-40-42-44-46-48-50-52-54-56-58-63(72)62(61-77-69-68(76)67(75)66(74)64(60-71)78-69)70-65(73)59-57-55-53-51-49-47-45-43-41-39-37-35-32-30-28-26-24-22-20-18-16-14-12-10-8-6-4-2/h6,8,12,14,18,20,24,26,30,32,56,58,62-64,66-69,71-72,74-76H,3-5,7,9-11,13,15-17,19,21-23,25,27-29,31,33-55,57,59-61H2,1-2H3,(H,70,73)/b8-6-,14-12-,20-18-,26-24-,32-30-,58-56+. The van der Waals surface area contributed by atoms with E-state index < -0.39 is 49.5 Å². The summed E-state index contributed by atoms with van der Waals surface area (Å²) in [6, 6.07) is -0.812. The summed E-state index contributed by atoms with van der Waals surface area (Å²) >= 11 is 0. The van der Waals surface area contributed by atoms with E-state index in [1.807, 2.05) is 6.08 Å². The lowest BCUT2D eigenvalue weighted by molar-refractivity contribution is -0.302. The van der Waals surface area contributed by atoms with E-state index >= 15 is 0 Å². The van der Waals surface area contributed by atoms with Crippen LogP contribution in [0.15, 0.2) is 72.9 Å². The quantitative estimate of drug-likeness (QED) is 0.0261. The van der Waals surface area contributed by atoms with Crippen molar-refractivity contribution in [2.24, 2.45) is 0 Å². The predicted octanol–water partition coefficient (Wildman–Crippen LogP) is 17.6. The van der Waals surface area contributed by atoms with Crippen LogP contribution in [-0.4, -0.2) is 87.5 Å². The first-order valence-electron chi connectivity index (χ1n) is 33.2. The number of carbonyl (C=O) groups excluding carboxylic acids is 1. The molecule has 0 saturated carbocycles. The molecule has 1 rings (SSSR count). The molecule has 0 aromatic carbocycles. The number of aliphatic hydroxyl groups is 5. The monoisotopic (exact) mass is 1100 g/mol. The average molecular weight is 1100 g/mol. The summed E-state index contributed by atoms with van der Waals surface area (Å²) in [4.78, 5) is 13.1. The molecule has 0 aliphatic carbocycles. The number of amides is 1. The van der Waals surface area contributed by atoms with E-state index in [0.717, 1.165) is 70.6 Å². The highest BCUT2D eigenvalue weighted by molar-refractivity contribution is 5.76. The van der Waals surface area contributed by atoms with Crippen LogP contribution in [0.25, 0.3) is 0 Å². The maximum absolute atomic E-state index is 13.1. The first kappa shape index (κ1) is 73.6. The van der Waals surface area contributed by atoms with Gasteiger partial charge in [-0.3, -0.25) is 4.79 Å². The van der Waals surface area contributed by atoms with Gasteiger partial charge in [0.25, 0.3) is 0 Å². The summed E-state index contributed by atoms with van der Waals surface area (Å²) in [5.74, 6) is -0.179. The molecule has 0 bridgehead atoms. The van der Waals surface area contributed by atoms with Crippen LogP contribution in [0, 0.1) is 0 Å². The molecule has 9 heteroatoms. The highest BCUT2D eigenvalue weighted by Crippen LogP contribution is 2.23. The zero-order valence-corrected chi connectivity index (χ0v) is 50.7. The van der Waals surface area contributed by atoms with Crippen LogP contribution in [-0.2, 0) is 14.3 Å². The van der Waals surface area contributed by atoms with Crippen LogP contribution in [0.2, 0.25) is 0 Å². The van der Waals surface area contributed by atoms with Crippen molar-refractivity contribution in [2.45, 2.75) is 346 Å². The normalized spacial score (nSPS) is 19.1. The van der Waals surface area contributed by atoms with Crippen LogP contribution < -0.4 is 5.32 Å². The molecule has 1 heterocycles. The van der Waals surface area contributed by atoms with E-state index in [-0.39, 0.29) is 12.5 Å². The fourth-order valence-electron chi connectivity index (χ4n) is 10.4. The average Bonchev–Trinajstić information content (AvgIpc) is 3.45. The van der Waals surface area contributed by atoms with E-state index in [0.29, 0.717) is 6.42 Å². The van der Waals surface area contributed by atoms with Gasteiger partial charge < -0.3 is 40.3 Å². The first-order valence-corrected chi connectivity index (χ1v) is 33.2. The predicted molar refractivity (Wildman–Crippen MR) is 332 cm³/mol. The summed E-state index contributed by atoms with van der Waals surface area (Å²) in [5.41, 5.74) is 0. The third kappa shape index (κ3) is 46.3. The number of aliphatic hydroxyl groups excluding tert-OH is 5. The van der Waals surface area contributed by atoms with Gasteiger partial charge in [0.15, 0.2) is 6.29 Å². The van der Waals surface area contributed by atoms with Crippen molar-refractivity contribution in [1.29, 1.82) is 0 Å². The summed E-state index contributed by atoms with van der Waals surface area (Å²) < 4.78 is 11.3. The van der Waals surface area contributed by atoms with Crippen LogP contribution in [0.3, 0.4) is 0 Å². The van der Waals surface area contributed by atoms with E-state index in [4.69, 9.17) is 9.47 Å². The smallest absolute Gasteiger partial charge is 0.220 e. The molecule has 1 amide bonds. The third-order valence-corrected chi connectivity index (χ3v) is 15.5. The Balaban J connectivity index is 2.17. The van der Waals surface area contributed by atoms with Crippen LogP contribution in [0.1, 0.15) is 303 Å². The van der Waals surface area contributed by atoms with Crippen molar-refractivity contribution < 1.29 is 39.8 Å². The van der Waals surface area contributed by atoms with Gasteiger partial charge in [0.2, 0.25) is 5.91 Å². The van der Waals surface area contributed by atoms with Crippen LogP contribution >= 0.6 is 0 Å². The molecule has 1 aliphatic rings. The molecule has 78 heavy (non-hydrogen) atoms. The zero-order chi connectivity index (χ0) is 56.5. The van der Waals surface area contributed by atoms with Gasteiger partial charge in [-0.25, -0.2) is 0 Å². The number of carbonyl (C=O) groups is 1. The van der Waals surface area contributed by atoms with Gasteiger partial charge in [-0.2, -0.15) is 0 Å². The minimum Gasteiger partial charge on any atom is -0.394 e. The summed E-state index contributed by atoms with van der Waals surface area (Å²) in [6.45, 7) is 3.70. The van der Waals surface area contributed by atoms with E-state index in [1.165, 1.54) is 212 Å². The molecule has 1 aliphatic heterocycles. The van der Waals surface area contributed by atoms with Crippen molar-refractivity contribution >= 4 is 5.91 Å². The second kappa shape index (κ2) is 57.8. The summed E-state index contributed by atoms with van der Waals surface area (Å²) in [6.07, 6.45) is 74.1. The maximum atomic E-state index is 13.1. The molecule has 1 saturated heterocycles. The number of unbranched alkanes of at least 4 members (excludes halogenated alkanes) is 37. The largest absolute Gasteiger partial charge is 0.394 e. The van der Waals surface area contributed by atoms with Gasteiger partial charge in [0.1, 0.15) is 24.4 Å². The zero-order valence-electron chi connectivity index (χ0n) is 50.7. The number of allylic oxidation sites excluding steroid dienone is 11. The molecular weight excluding hydrogens is 971 g/mol. The third-order valence-electron chi connectivity index (χ3n) is 15.5. The second-order valence-electron chi connectivity index (χ2n) is 22.9. The molecule has 0 radical (unpaired) electrons. The Kier molecular flexibility index (Phi) is 54.6. The molecule has 454 valence electrons. The Bertz CT molecular complexity index is 1460. The Labute approximate surface area is 480 Å². The van der Waals surface area contributed by atoms with E-state index in [9.17, 15) is 30.3 Å². The van der Waals surface area contributed by atoms with Crippen molar-refractivity contribution in [1.82, 2.24) is 5.32 Å². The lowest BCUT2D eigenvalue weighted by Crippen LogP contribution is -2.60. The Morgan fingerprint density at radius 2 is 0.795 bits per heavy atom. The second-order valence-corrected chi connectivity index (χ2v) is 22.9. The number of ether oxygens (including phenoxy) is 2. The van der Waals surface area contributed by atoms with Gasteiger partial charge in [0.05, 0.1) is 25.4 Å². The van der Waals surface area contributed by atoms with Crippen LogP contribution in [0.5, 0.6) is 0 Å². The van der Waals surface area contributed by atoms with Crippen molar-refractivity contribution in [2.75, 3.05) is 13.2 Å². The first-order chi connectivity index (χ1) is 38.3. The number of rotatable bonds is 57. The highest BCUT2D eigenvalue weighted by Gasteiger charge is 2.44. The topological polar surface area (TPSA) is 149 Å². The molecule has 1 fully saturated rings. The molecule has 0 aromatic rings. The molecule has 0 aromatic heterocycles. The van der Waals surface area contributed by atoms with Gasteiger partial charge in [-0.05, 0) is 64.2 Å².